The standard InChI is InChI=1S/C13H12N.Ir/c1-2-12-9-6-10-13(14-12)11-7-4-3-5-8-11;/h3-7,9-10H,2H2,1H3;/q-1;. The second-order valence-corrected chi connectivity index (χ2v) is 3.14. The molecular weight excluding hydrogens is 362 g/mol. The van der Waals surface area contributed by atoms with Crippen molar-refractivity contribution in [3.63, 3.8) is 0 Å². The van der Waals surface area contributed by atoms with Gasteiger partial charge in [0.2, 0.25) is 0 Å². The zero-order valence-corrected chi connectivity index (χ0v) is 10.9. The fraction of sp³-hybridized carbons (Fsp3) is 0.154. The number of aryl methyl sites for hydroxylation is 1. The molecule has 0 aliphatic carbocycles. The molecule has 2 heteroatoms. The van der Waals surface area contributed by atoms with Crippen molar-refractivity contribution >= 4 is 0 Å². The van der Waals surface area contributed by atoms with Crippen LogP contribution in [-0.2, 0) is 26.5 Å². The van der Waals surface area contributed by atoms with E-state index in [-0.39, 0.29) is 20.1 Å². The minimum absolute atomic E-state index is 0. The van der Waals surface area contributed by atoms with Crippen LogP contribution in [0, 0.1) is 6.07 Å². The van der Waals surface area contributed by atoms with Crippen LogP contribution in [0.5, 0.6) is 0 Å². The summed E-state index contributed by atoms with van der Waals surface area (Å²) in [6, 6.07) is 17.2. The van der Waals surface area contributed by atoms with E-state index in [0.717, 1.165) is 23.4 Å². The van der Waals surface area contributed by atoms with E-state index < -0.39 is 0 Å². The molecule has 1 heterocycles. The van der Waals surface area contributed by atoms with E-state index in [0.29, 0.717) is 0 Å². The summed E-state index contributed by atoms with van der Waals surface area (Å²) in [5.41, 5.74) is 3.19. The van der Waals surface area contributed by atoms with Crippen LogP contribution >= 0.6 is 0 Å². The van der Waals surface area contributed by atoms with Crippen molar-refractivity contribution in [2.24, 2.45) is 0 Å². The first-order valence-electron chi connectivity index (χ1n) is 4.83. The maximum Gasteiger partial charge on any atom is 0.0294 e. The van der Waals surface area contributed by atoms with Gasteiger partial charge >= 0.3 is 0 Å². The number of pyridine rings is 1. The largest absolute Gasteiger partial charge is 0.301 e. The first-order chi connectivity index (χ1) is 6.90. The topological polar surface area (TPSA) is 12.9 Å². The zero-order chi connectivity index (χ0) is 9.80. The fourth-order valence-electron chi connectivity index (χ4n) is 1.38. The van der Waals surface area contributed by atoms with E-state index in [1.165, 1.54) is 0 Å². The molecule has 79 valence electrons. The predicted octanol–water partition coefficient (Wildman–Crippen LogP) is 3.11. The SMILES string of the molecule is CCc1cccc(-c2[c-]cccc2)n1.[Ir]. The van der Waals surface area contributed by atoms with E-state index in [1.54, 1.807) is 0 Å². The third-order valence-corrected chi connectivity index (χ3v) is 2.15. The Hall–Kier alpha value is -0.981. The van der Waals surface area contributed by atoms with Crippen molar-refractivity contribution in [1.29, 1.82) is 0 Å². The molecule has 0 atom stereocenters. The van der Waals surface area contributed by atoms with Crippen molar-refractivity contribution in [1.82, 2.24) is 4.98 Å². The molecule has 0 fully saturated rings. The third kappa shape index (κ3) is 2.98. The van der Waals surface area contributed by atoms with Crippen LogP contribution in [0.4, 0.5) is 0 Å². The van der Waals surface area contributed by atoms with Gasteiger partial charge in [-0.15, -0.1) is 35.9 Å². The normalized spacial score (nSPS) is 9.40. The summed E-state index contributed by atoms with van der Waals surface area (Å²) in [6.07, 6.45) is 0.973. The first kappa shape index (κ1) is 12.1. The van der Waals surface area contributed by atoms with Gasteiger partial charge in [-0.25, -0.2) is 0 Å². The molecule has 0 N–H and O–H groups in total. The van der Waals surface area contributed by atoms with Crippen LogP contribution in [0.1, 0.15) is 12.6 Å². The zero-order valence-electron chi connectivity index (χ0n) is 8.53. The first-order valence-corrected chi connectivity index (χ1v) is 4.83. The number of hydrogen-bond acceptors (Lipinski definition) is 1. The summed E-state index contributed by atoms with van der Waals surface area (Å²) in [6.45, 7) is 2.11. The van der Waals surface area contributed by atoms with Gasteiger partial charge in [0.25, 0.3) is 0 Å². The Morgan fingerprint density at radius 2 is 2.00 bits per heavy atom. The van der Waals surface area contributed by atoms with E-state index in [9.17, 15) is 0 Å². The van der Waals surface area contributed by atoms with Crippen LogP contribution in [0.15, 0.2) is 42.5 Å². The second-order valence-electron chi connectivity index (χ2n) is 3.14. The van der Waals surface area contributed by atoms with Gasteiger partial charge in [-0.2, -0.15) is 0 Å². The monoisotopic (exact) mass is 375 g/mol. The van der Waals surface area contributed by atoms with Crippen LogP contribution in [0.25, 0.3) is 11.3 Å². The van der Waals surface area contributed by atoms with Gasteiger partial charge in [0.15, 0.2) is 0 Å². The maximum absolute atomic E-state index is 4.53. The summed E-state index contributed by atoms with van der Waals surface area (Å²) in [5, 5.41) is 0. The van der Waals surface area contributed by atoms with Gasteiger partial charge in [-0.3, -0.25) is 0 Å². The number of benzene rings is 1. The molecule has 0 bridgehead atoms. The van der Waals surface area contributed by atoms with Gasteiger partial charge in [-0.05, 0) is 18.2 Å². The predicted molar refractivity (Wildman–Crippen MR) is 57.9 cm³/mol. The molecule has 0 saturated heterocycles. The molecule has 1 nitrogen and oxygen atoms in total. The Kier molecular flexibility index (Phi) is 4.67. The molecule has 0 aliphatic rings. The summed E-state index contributed by atoms with van der Waals surface area (Å²) in [5.74, 6) is 0. The van der Waals surface area contributed by atoms with Crippen molar-refractivity contribution in [3.05, 3.63) is 54.2 Å². The molecule has 0 spiro atoms. The smallest absolute Gasteiger partial charge is 0.0294 e. The van der Waals surface area contributed by atoms with Crippen molar-refractivity contribution < 1.29 is 20.1 Å². The fourth-order valence-corrected chi connectivity index (χ4v) is 1.38. The summed E-state index contributed by atoms with van der Waals surface area (Å²) in [4.78, 5) is 4.53. The molecule has 1 aromatic heterocycles. The Morgan fingerprint density at radius 1 is 1.13 bits per heavy atom. The van der Waals surface area contributed by atoms with Crippen molar-refractivity contribution in [2.45, 2.75) is 13.3 Å². The average molecular weight is 374 g/mol. The molecule has 1 radical (unpaired) electrons. The van der Waals surface area contributed by atoms with E-state index in [2.05, 4.69) is 18.0 Å². The third-order valence-electron chi connectivity index (χ3n) is 2.15. The molecule has 2 aromatic rings. The minimum Gasteiger partial charge on any atom is -0.301 e. The van der Waals surface area contributed by atoms with Crippen molar-refractivity contribution in [3.8, 4) is 11.3 Å². The van der Waals surface area contributed by atoms with E-state index >= 15 is 0 Å². The number of aromatic nitrogens is 1. The van der Waals surface area contributed by atoms with E-state index in [4.69, 9.17) is 0 Å². The molecule has 15 heavy (non-hydrogen) atoms. The van der Waals surface area contributed by atoms with Crippen LogP contribution in [0.2, 0.25) is 0 Å². The van der Waals surface area contributed by atoms with Gasteiger partial charge in [0.1, 0.15) is 0 Å². The summed E-state index contributed by atoms with van der Waals surface area (Å²) >= 11 is 0. The van der Waals surface area contributed by atoms with Crippen molar-refractivity contribution in [2.75, 3.05) is 0 Å². The molecule has 0 aliphatic heterocycles. The van der Waals surface area contributed by atoms with Crippen LogP contribution in [-0.4, -0.2) is 4.98 Å². The van der Waals surface area contributed by atoms with Crippen LogP contribution < -0.4 is 0 Å². The van der Waals surface area contributed by atoms with Gasteiger partial charge < -0.3 is 4.98 Å². The molecule has 0 amide bonds. The number of rotatable bonds is 2. The minimum atomic E-state index is 0. The Balaban J connectivity index is 0.00000112. The Bertz CT molecular complexity index is 412. The number of nitrogens with zero attached hydrogens (tertiary/aromatic N) is 1. The average Bonchev–Trinajstić information content (AvgIpc) is 2.30. The molecule has 2 rings (SSSR count). The van der Waals surface area contributed by atoms with Gasteiger partial charge in [0.05, 0.1) is 0 Å². The molecule has 1 aromatic carbocycles. The van der Waals surface area contributed by atoms with Gasteiger partial charge in [-0.1, -0.05) is 19.1 Å². The van der Waals surface area contributed by atoms with E-state index in [1.807, 2.05) is 42.5 Å². The maximum atomic E-state index is 4.53. The summed E-state index contributed by atoms with van der Waals surface area (Å²) in [7, 11) is 0. The Labute approximate surface area is 104 Å². The van der Waals surface area contributed by atoms with Crippen LogP contribution in [0.3, 0.4) is 0 Å². The second kappa shape index (κ2) is 5.79. The quantitative estimate of drug-likeness (QED) is 0.736. The molecular formula is C13H12IrN-. The van der Waals surface area contributed by atoms with Gasteiger partial charge in [0, 0.05) is 25.8 Å². The molecule has 0 unspecified atom stereocenters. The summed E-state index contributed by atoms with van der Waals surface area (Å²) < 4.78 is 0. The molecule has 0 saturated carbocycles. The number of hydrogen-bond donors (Lipinski definition) is 0. The Morgan fingerprint density at radius 3 is 2.67 bits per heavy atom.